The third-order valence-corrected chi connectivity index (χ3v) is 4.72. The molecule has 0 atom stereocenters. The molecule has 0 radical (unpaired) electrons. The molecule has 1 aromatic heterocycles. The van der Waals surface area contributed by atoms with E-state index >= 15 is 0 Å². The van der Waals surface area contributed by atoms with E-state index in [9.17, 15) is 14.0 Å². The molecule has 1 aliphatic heterocycles. The third-order valence-electron chi connectivity index (χ3n) is 4.06. The predicted octanol–water partition coefficient (Wildman–Crippen LogP) is 3.22. The van der Waals surface area contributed by atoms with Gasteiger partial charge >= 0.3 is 0 Å². The van der Waals surface area contributed by atoms with Gasteiger partial charge in [0.15, 0.2) is 0 Å². The highest BCUT2D eigenvalue weighted by Crippen LogP contribution is 2.19. The van der Waals surface area contributed by atoms with Crippen molar-refractivity contribution < 1.29 is 18.4 Å². The Morgan fingerprint density at radius 2 is 2.00 bits per heavy atom. The second-order valence-corrected chi connectivity index (χ2v) is 6.53. The number of benzene rings is 1. The normalized spacial score (nSPS) is 15.3. The van der Waals surface area contributed by atoms with Crippen molar-refractivity contribution in [2.45, 2.75) is 18.9 Å². The molecule has 1 N–H and O–H groups in total. The molecule has 1 aromatic carbocycles. The predicted molar refractivity (Wildman–Crippen MR) is 89.2 cm³/mol. The second kappa shape index (κ2) is 7.17. The van der Waals surface area contributed by atoms with Crippen LogP contribution in [0.25, 0.3) is 0 Å². The Bertz CT molecular complexity index is 740. The number of nitrogens with zero attached hydrogens (tertiary/aromatic N) is 1. The Morgan fingerprint density at radius 3 is 2.62 bits per heavy atom. The van der Waals surface area contributed by atoms with Crippen molar-refractivity contribution in [1.82, 2.24) is 10.2 Å². The number of rotatable bonds is 3. The Labute approximate surface area is 146 Å². The van der Waals surface area contributed by atoms with Crippen LogP contribution >= 0.6 is 15.9 Å². The van der Waals surface area contributed by atoms with E-state index in [1.807, 2.05) is 0 Å². The molecule has 0 bridgehead atoms. The highest BCUT2D eigenvalue weighted by atomic mass is 79.9. The number of carbonyl (C=O) groups is 2. The number of hydrogen-bond donors (Lipinski definition) is 1. The van der Waals surface area contributed by atoms with Crippen LogP contribution in [0.4, 0.5) is 4.39 Å². The fourth-order valence-corrected chi connectivity index (χ4v) is 3.26. The van der Waals surface area contributed by atoms with Crippen molar-refractivity contribution in [3.05, 3.63) is 58.2 Å². The topological polar surface area (TPSA) is 62.6 Å². The Kier molecular flexibility index (Phi) is 4.99. The number of likely N-dealkylation sites (tertiary alicyclic amines) is 1. The van der Waals surface area contributed by atoms with E-state index in [2.05, 4.69) is 21.2 Å². The molecule has 1 aliphatic rings. The van der Waals surface area contributed by atoms with Gasteiger partial charge < -0.3 is 14.6 Å². The molecular weight excluding hydrogens is 379 g/mol. The molecule has 2 amide bonds. The van der Waals surface area contributed by atoms with Gasteiger partial charge in [-0.1, -0.05) is 0 Å². The van der Waals surface area contributed by atoms with Gasteiger partial charge in [0.25, 0.3) is 11.8 Å². The van der Waals surface area contributed by atoms with Gasteiger partial charge in [0.05, 0.1) is 17.4 Å². The Balaban J connectivity index is 1.55. The lowest BCUT2D eigenvalue weighted by Crippen LogP contribution is -2.46. The van der Waals surface area contributed by atoms with Crippen LogP contribution < -0.4 is 5.32 Å². The summed E-state index contributed by atoms with van der Waals surface area (Å²) < 4.78 is 18.5. The molecule has 5 nitrogen and oxygen atoms in total. The number of piperidine rings is 1. The molecular formula is C17H16BrFN2O3. The van der Waals surface area contributed by atoms with E-state index in [4.69, 9.17) is 4.42 Å². The summed E-state index contributed by atoms with van der Waals surface area (Å²) in [6, 6.07) is 5.60. The summed E-state index contributed by atoms with van der Waals surface area (Å²) in [4.78, 5) is 26.3. The summed E-state index contributed by atoms with van der Waals surface area (Å²) in [7, 11) is 0. The fourth-order valence-electron chi connectivity index (χ4n) is 2.73. The number of hydrogen-bond acceptors (Lipinski definition) is 3. The third kappa shape index (κ3) is 3.67. The van der Waals surface area contributed by atoms with Crippen molar-refractivity contribution in [3.8, 4) is 0 Å². The zero-order valence-electron chi connectivity index (χ0n) is 12.8. The van der Waals surface area contributed by atoms with Crippen LogP contribution in [0.2, 0.25) is 0 Å². The highest BCUT2D eigenvalue weighted by Gasteiger charge is 2.25. The molecule has 0 unspecified atom stereocenters. The van der Waals surface area contributed by atoms with Crippen LogP contribution in [0.15, 0.2) is 45.7 Å². The van der Waals surface area contributed by atoms with Gasteiger partial charge in [0, 0.05) is 23.6 Å². The molecule has 3 rings (SSSR count). The van der Waals surface area contributed by atoms with Gasteiger partial charge in [0.1, 0.15) is 12.1 Å². The van der Waals surface area contributed by atoms with Crippen LogP contribution in [0.3, 0.4) is 0 Å². The largest absolute Gasteiger partial charge is 0.472 e. The van der Waals surface area contributed by atoms with E-state index in [1.54, 1.807) is 11.0 Å². The minimum absolute atomic E-state index is 0.0112. The number of nitrogens with one attached hydrogen (secondary N) is 1. The molecule has 0 saturated carbocycles. The minimum atomic E-state index is -0.399. The molecule has 0 aliphatic carbocycles. The van der Waals surface area contributed by atoms with Crippen LogP contribution in [0.5, 0.6) is 0 Å². The number of amides is 2. The summed E-state index contributed by atoms with van der Waals surface area (Å²) >= 11 is 3.20. The van der Waals surface area contributed by atoms with Crippen LogP contribution in [0.1, 0.15) is 33.6 Å². The summed E-state index contributed by atoms with van der Waals surface area (Å²) in [6.07, 6.45) is 4.26. The maximum Gasteiger partial charge on any atom is 0.257 e. The summed E-state index contributed by atoms with van der Waals surface area (Å²) in [5.41, 5.74) is 0.932. The molecule has 2 heterocycles. The van der Waals surface area contributed by atoms with E-state index in [1.165, 1.54) is 30.7 Å². The molecule has 0 spiro atoms. The van der Waals surface area contributed by atoms with Crippen LogP contribution in [-0.4, -0.2) is 35.8 Å². The van der Waals surface area contributed by atoms with Crippen LogP contribution in [0, 0.1) is 5.82 Å². The molecule has 24 heavy (non-hydrogen) atoms. The first kappa shape index (κ1) is 16.7. The first-order valence-corrected chi connectivity index (χ1v) is 8.41. The maximum atomic E-state index is 13.1. The molecule has 1 fully saturated rings. The van der Waals surface area contributed by atoms with E-state index in [0.29, 0.717) is 41.5 Å². The first-order chi connectivity index (χ1) is 11.5. The quantitative estimate of drug-likeness (QED) is 0.868. The Hall–Kier alpha value is -2.15. The van der Waals surface area contributed by atoms with E-state index in [0.717, 1.165) is 0 Å². The smallest absolute Gasteiger partial charge is 0.257 e. The lowest BCUT2D eigenvalue weighted by molar-refractivity contribution is 0.0697. The van der Waals surface area contributed by atoms with Crippen molar-refractivity contribution >= 4 is 27.7 Å². The second-order valence-electron chi connectivity index (χ2n) is 5.68. The number of furan rings is 1. The van der Waals surface area contributed by atoms with Gasteiger partial charge in [-0.2, -0.15) is 0 Å². The van der Waals surface area contributed by atoms with E-state index < -0.39 is 5.82 Å². The SMILES string of the molecule is O=C(NC1CCN(C(=O)c2ccoc2)CC1)c1ccc(F)cc1Br. The zero-order valence-corrected chi connectivity index (χ0v) is 14.4. The molecule has 126 valence electrons. The van der Waals surface area contributed by atoms with Gasteiger partial charge in [-0.05, 0) is 53.0 Å². The van der Waals surface area contributed by atoms with Gasteiger partial charge in [0.2, 0.25) is 0 Å². The van der Waals surface area contributed by atoms with Gasteiger partial charge in [-0.3, -0.25) is 9.59 Å². The van der Waals surface area contributed by atoms with E-state index in [-0.39, 0.29) is 17.9 Å². The first-order valence-electron chi connectivity index (χ1n) is 7.62. The zero-order chi connectivity index (χ0) is 17.1. The standard InChI is InChI=1S/C17H16BrFN2O3/c18-15-9-12(19)1-2-14(15)16(22)20-13-3-6-21(7-4-13)17(23)11-5-8-24-10-11/h1-2,5,8-10,13H,3-4,6-7H2,(H,20,22). The lowest BCUT2D eigenvalue weighted by Gasteiger charge is -2.32. The van der Waals surface area contributed by atoms with Gasteiger partial charge in [-0.15, -0.1) is 0 Å². The summed E-state index contributed by atoms with van der Waals surface area (Å²) in [5.74, 6) is -0.708. The lowest BCUT2D eigenvalue weighted by atomic mass is 10.0. The maximum absolute atomic E-state index is 13.1. The average Bonchev–Trinajstić information content (AvgIpc) is 3.09. The molecule has 2 aromatic rings. The monoisotopic (exact) mass is 394 g/mol. The fraction of sp³-hybridized carbons (Fsp3) is 0.294. The van der Waals surface area contributed by atoms with Crippen molar-refractivity contribution in [3.63, 3.8) is 0 Å². The van der Waals surface area contributed by atoms with Crippen molar-refractivity contribution in [2.24, 2.45) is 0 Å². The highest BCUT2D eigenvalue weighted by molar-refractivity contribution is 9.10. The van der Waals surface area contributed by atoms with Crippen molar-refractivity contribution in [1.29, 1.82) is 0 Å². The molecule has 7 heteroatoms. The minimum Gasteiger partial charge on any atom is -0.472 e. The van der Waals surface area contributed by atoms with Crippen molar-refractivity contribution in [2.75, 3.05) is 13.1 Å². The van der Waals surface area contributed by atoms with Crippen LogP contribution in [-0.2, 0) is 0 Å². The molecule has 1 saturated heterocycles. The number of carbonyl (C=O) groups excluding carboxylic acids is 2. The summed E-state index contributed by atoms with van der Waals surface area (Å²) in [6.45, 7) is 1.14. The average molecular weight is 395 g/mol. The Morgan fingerprint density at radius 1 is 1.25 bits per heavy atom. The summed E-state index contributed by atoms with van der Waals surface area (Å²) in [5, 5.41) is 2.94. The van der Waals surface area contributed by atoms with Gasteiger partial charge in [-0.25, -0.2) is 4.39 Å². The number of halogens is 2.